The molecule has 0 aliphatic carbocycles. The molecular weight excluding hydrogens is 1040 g/mol. The largest absolute Gasteiger partial charge is 0.481 e. The van der Waals surface area contributed by atoms with Gasteiger partial charge in [-0.05, 0) is 37.7 Å². The number of unbranched alkanes of at least 4 members (excludes halogenated alkanes) is 17. The fourth-order valence-electron chi connectivity index (χ4n) is 8.24. The number of carbonyl (C=O) groups excluding carboxylic acids is 2. The van der Waals surface area contributed by atoms with Gasteiger partial charge in [0.25, 0.3) is 0 Å². The number of hydrogen-bond acceptors (Lipinski definition) is 18. The first-order valence-electron chi connectivity index (χ1n) is 27.8. The van der Waals surface area contributed by atoms with E-state index >= 15 is 0 Å². The molecule has 1 aliphatic rings. The Morgan fingerprint density at radius 2 is 1.23 bits per heavy atom. The van der Waals surface area contributed by atoms with Crippen LogP contribution in [-0.2, 0) is 46.3 Å². The molecule has 1 aromatic heterocycles. The van der Waals surface area contributed by atoms with E-state index in [0.717, 1.165) is 68.0 Å². The van der Waals surface area contributed by atoms with Crippen LogP contribution >= 0.6 is 15.6 Å². The van der Waals surface area contributed by atoms with Crippen LogP contribution in [0.25, 0.3) is 0 Å². The molecule has 2 unspecified atom stereocenters. The van der Waals surface area contributed by atoms with Gasteiger partial charge < -0.3 is 55.3 Å². The number of nitrogen functional groups attached to an aromatic ring is 1. The second-order valence-corrected chi connectivity index (χ2v) is 23.2. The monoisotopic (exact) mass is 1130 g/mol. The second kappa shape index (κ2) is 40.7. The zero-order valence-electron chi connectivity index (χ0n) is 45.8. The van der Waals surface area contributed by atoms with Crippen molar-refractivity contribution in [2.75, 3.05) is 25.6 Å². The average molecular weight is 1130 g/mol. The lowest BCUT2D eigenvalue weighted by atomic mass is 10.0. The summed E-state index contributed by atoms with van der Waals surface area (Å²) in [5.41, 5.74) is 4.56. The van der Waals surface area contributed by atoms with Gasteiger partial charge in [-0.15, -0.1) is 0 Å². The Labute approximate surface area is 456 Å². The predicted octanol–water partition coefficient (Wildman–Crippen LogP) is 8.89. The van der Waals surface area contributed by atoms with Gasteiger partial charge in [-0.2, -0.15) is 9.29 Å². The van der Waals surface area contributed by atoms with E-state index in [9.17, 15) is 58.8 Å². The molecule has 9 N–H and O–H groups in total. The highest BCUT2D eigenvalue weighted by atomic mass is 31.3. The Bertz CT molecular complexity index is 2050. The normalized spacial score (nSPS) is 20.3. The first-order valence-corrected chi connectivity index (χ1v) is 30.8. The van der Waals surface area contributed by atoms with E-state index in [4.69, 9.17) is 29.0 Å². The second-order valence-electron chi connectivity index (χ2n) is 20.1. The maximum Gasteiger partial charge on any atom is 0.481 e. The molecule has 442 valence electrons. The molecule has 1 aromatic rings. The van der Waals surface area contributed by atoms with Gasteiger partial charge in [-0.25, -0.2) is 13.9 Å². The van der Waals surface area contributed by atoms with Crippen LogP contribution in [0, 0.1) is 5.92 Å². The summed E-state index contributed by atoms with van der Waals surface area (Å²) in [5.74, 6) is -0.847. The number of anilines is 1. The predicted molar refractivity (Wildman–Crippen MR) is 293 cm³/mol. The molecule has 21 nitrogen and oxygen atoms in total. The lowest BCUT2D eigenvalue weighted by Crippen LogP contribution is -2.36. The van der Waals surface area contributed by atoms with Gasteiger partial charge >= 0.3 is 33.3 Å². The van der Waals surface area contributed by atoms with Crippen molar-refractivity contribution in [1.29, 1.82) is 0 Å². The molecule has 1 aliphatic heterocycles. The number of phosphoric ester groups is 2. The van der Waals surface area contributed by atoms with Crippen LogP contribution in [0.1, 0.15) is 188 Å². The van der Waals surface area contributed by atoms with Gasteiger partial charge in [0, 0.05) is 19.0 Å². The van der Waals surface area contributed by atoms with Crippen molar-refractivity contribution in [2.45, 2.75) is 230 Å². The van der Waals surface area contributed by atoms with E-state index in [-0.39, 0.29) is 31.5 Å². The third-order valence-corrected chi connectivity index (χ3v) is 15.3. The van der Waals surface area contributed by atoms with E-state index in [1.165, 1.54) is 82.8 Å². The smallest absolute Gasteiger partial charge is 0.462 e. The first kappa shape index (κ1) is 69.7. The summed E-state index contributed by atoms with van der Waals surface area (Å²) in [4.78, 5) is 62.1. The quantitative estimate of drug-likeness (QED) is 0.0131. The number of phosphoric acid groups is 2. The topological polar surface area (TPSA) is 326 Å². The Kier molecular flexibility index (Phi) is 36.9. The van der Waals surface area contributed by atoms with Gasteiger partial charge in [-0.1, -0.05) is 191 Å². The lowest BCUT2D eigenvalue weighted by Gasteiger charge is -2.21. The van der Waals surface area contributed by atoms with Gasteiger partial charge in [0.05, 0.1) is 31.5 Å². The minimum Gasteiger partial charge on any atom is -0.462 e. The SMILES string of the molecule is CCCCC[C@@H](O)/C=C/C=C\C=C\C=C\[C@@H](O)[C@H](O)CCCC(=O)OC[C@H](COP(=O)(O)OP(=O)(O)OC[C@H]1O[C@@H](n2ccc(N)nc2=O)[C@H](O)[C@@H]1O)OC(=O)CCCCCCCCCCCCCCCCCCC(C)C. The third-order valence-electron chi connectivity index (χ3n) is 12.7. The fraction of sp³-hybridized carbons (Fsp3) is 0.741. The van der Waals surface area contributed by atoms with E-state index in [2.05, 4.69) is 30.1 Å². The number of carbonyl (C=O) groups is 2. The molecule has 0 amide bonds. The fourth-order valence-corrected chi connectivity index (χ4v) is 10.3. The molecule has 2 heterocycles. The Hall–Kier alpha value is -3.40. The number of nitrogens with zero attached hydrogens (tertiary/aromatic N) is 2. The maximum absolute atomic E-state index is 12.9. The number of nitrogens with two attached hydrogens (primary N) is 1. The van der Waals surface area contributed by atoms with Crippen molar-refractivity contribution >= 4 is 33.4 Å². The van der Waals surface area contributed by atoms with Gasteiger partial charge in [-0.3, -0.25) is 23.2 Å². The van der Waals surface area contributed by atoms with Crippen LogP contribution in [0.2, 0.25) is 0 Å². The highest BCUT2D eigenvalue weighted by molar-refractivity contribution is 7.61. The van der Waals surface area contributed by atoms with E-state index in [1.807, 2.05) is 0 Å². The van der Waals surface area contributed by atoms with Gasteiger partial charge in [0.2, 0.25) is 0 Å². The minimum absolute atomic E-state index is 0.0115. The molecule has 77 heavy (non-hydrogen) atoms. The van der Waals surface area contributed by atoms with Crippen molar-refractivity contribution in [3.63, 3.8) is 0 Å². The highest BCUT2D eigenvalue weighted by Gasteiger charge is 2.46. The molecule has 0 radical (unpaired) electrons. The highest BCUT2D eigenvalue weighted by Crippen LogP contribution is 2.60. The van der Waals surface area contributed by atoms with Crippen LogP contribution in [0.5, 0.6) is 0 Å². The molecule has 0 aromatic carbocycles. The number of esters is 2. The number of rotatable bonds is 45. The van der Waals surface area contributed by atoms with Crippen LogP contribution in [-0.4, -0.2) is 119 Å². The third kappa shape index (κ3) is 33.7. The number of ether oxygens (including phenoxy) is 3. The van der Waals surface area contributed by atoms with Gasteiger partial charge in [0.15, 0.2) is 12.3 Å². The molecule has 0 bridgehead atoms. The summed E-state index contributed by atoms with van der Waals surface area (Å²) in [6.07, 6.45) is 26.8. The summed E-state index contributed by atoms with van der Waals surface area (Å²) >= 11 is 0. The van der Waals surface area contributed by atoms with Crippen molar-refractivity contribution in [3.8, 4) is 0 Å². The van der Waals surface area contributed by atoms with E-state index in [1.54, 1.807) is 42.5 Å². The van der Waals surface area contributed by atoms with Crippen molar-refractivity contribution < 1.29 is 81.6 Å². The Morgan fingerprint density at radius 1 is 0.701 bits per heavy atom. The maximum atomic E-state index is 12.9. The summed E-state index contributed by atoms with van der Waals surface area (Å²) in [6.45, 7) is 4.06. The Morgan fingerprint density at radius 3 is 1.82 bits per heavy atom. The molecule has 0 saturated carbocycles. The molecule has 23 heteroatoms. The zero-order chi connectivity index (χ0) is 56.9. The molecule has 1 saturated heterocycles. The van der Waals surface area contributed by atoms with Gasteiger partial charge in [0.1, 0.15) is 30.7 Å². The summed E-state index contributed by atoms with van der Waals surface area (Å²) in [7, 11) is -11.0. The molecule has 10 atom stereocenters. The number of aliphatic hydroxyl groups is 5. The molecular formula is C54H93N3O18P2. The molecule has 0 spiro atoms. The standard InChI is InChI=1S/C54H93N3O18P2/c1-4-5-24-31-43(58)32-26-21-18-19-22-27-33-45(59)46(60)34-29-36-49(61)70-39-44(73-50(62)35-28-23-17-15-13-11-9-7-6-8-10-12-14-16-20-25-30-42(2)3)40-71-76(66,67)75-77(68,69)72-41-47-51(63)52(64)53(74-47)57-38-37-48(55)56-54(57)65/h18-19,21-22,26-27,32-33,37-38,42-47,51-53,58-60,63-64H,4-17,20,23-25,28-31,34-36,39-41H2,1-3H3,(H,66,67)(H,68,69)(H2,55,56,65)/b21-18-,22-19+,32-26+,33-27+/t43-,44-,45-,46-,47-,51-,52-,53-/m1/s1. The van der Waals surface area contributed by atoms with Crippen molar-refractivity contribution in [3.05, 3.63) is 71.4 Å². The molecule has 2 rings (SSSR count). The number of aromatic nitrogens is 2. The van der Waals surface area contributed by atoms with E-state index < -0.39 is 102 Å². The van der Waals surface area contributed by atoms with E-state index in [0.29, 0.717) is 12.8 Å². The van der Waals surface area contributed by atoms with Crippen molar-refractivity contribution in [2.24, 2.45) is 5.92 Å². The summed E-state index contributed by atoms with van der Waals surface area (Å²) < 4.78 is 56.7. The van der Waals surface area contributed by atoms with Crippen LogP contribution < -0.4 is 11.4 Å². The summed E-state index contributed by atoms with van der Waals surface area (Å²) in [5, 5.41) is 51.7. The number of allylic oxidation sites excluding steroid dienone is 6. The van der Waals surface area contributed by atoms with Crippen molar-refractivity contribution in [1.82, 2.24) is 9.55 Å². The number of aliphatic hydroxyl groups excluding tert-OH is 5. The minimum atomic E-state index is -5.50. The zero-order valence-corrected chi connectivity index (χ0v) is 47.5. The average Bonchev–Trinajstić information content (AvgIpc) is 3.65. The lowest BCUT2D eigenvalue weighted by molar-refractivity contribution is -0.161. The van der Waals surface area contributed by atoms with Crippen LogP contribution in [0.3, 0.4) is 0 Å². The number of hydrogen-bond donors (Lipinski definition) is 8. The van der Waals surface area contributed by atoms with Crippen LogP contribution in [0.15, 0.2) is 65.7 Å². The first-order chi connectivity index (χ1) is 36.7. The Balaban J connectivity index is 1.85. The molecule has 1 fully saturated rings. The van der Waals surface area contributed by atoms with Crippen LogP contribution in [0.4, 0.5) is 5.82 Å². The summed E-state index contributed by atoms with van der Waals surface area (Å²) in [6, 6.07) is 1.23.